The molecule has 1 aromatic rings. The third kappa shape index (κ3) is 7.30. The highest BCUT2D eigenvalue weighted by atomic mass is 127. The number of hydrogen-bond donors (Lipinski definition) is 0. The number of ether oxygens (including phenoxy) is 1. The van der Waals surface area contributed by atoms with Crippen LogP contribution in [0, 0.1) is 3.57 Å². The van der Waals surface area contributed by atoms with Crippen LogP contribution in [0.15, 0.2) is 24.3 Å². The second kappa shape index (κ2) is 7.03. The Morgan fingerprint density at radius 3 is 2.26 bits per heavy atom. The van der Waals surface area contributed by atoms with E-state index < -0.39 is 11.6 Å². The molecular weight excluding hydrogens is 355 g/mol. The number of hydrogen-bond acceptors (Lipinski definition) is 3. The smallest absolute Gasteiger partial charge is 0.313 e. The van der Waals surface area contributed by atoms with Gasteiger partial charge in [-0.25, -0.2) is 0 Å². The maximum Gasteiger partial charge on any atom is 0.313 e. The van der Waals surface area contributed by atoms with Gasteiger partial charge in [0.25, 0.3) is 0 Å². The summed E-state index contributed by atoms with van der Waals surface area (Å²) in [6, 6.07) is 8.02. The monoisotopic (exact) mass is 374 g/mol. The molecule has 0 bridgehead atoms. The topological polar surface area (TPSA) is 43.4 Å². The van der Waals surface area contributed by atoms with E-state index in [1.54, 1.807) is 20.8 Å². The number of Topliss-reactive ketones (excluding diaryl/α,β-unsaturated/α-hetero) is 1. The Balaban J connectivity index is 2.36. The third-order valence-corrected chi connectivity index (χ3v) is 3.09. The number of carbonyl (C=O) groups is 2. The Hall–Kier alpha value is -0.910. The van der Waals surface area contributed by atoms with Crippen molar-refractivity contribution in [2.24, 2.45) is 0 Å². The van der Waals surface area contributed by atoms with Gasteiger partial charge in [0.15, 0.2) is 0 Å². The van der Waals surface area contributed by atoms with Crippen molar-refractivity contribution in [1.29, 1.82) is 0 Å². The number of aryl methyl sites for hydroxylation is 1. The fourth-order valence-electron chi connectivity index (χ4n) is 1.56. The average molecular weight is 374 g/mol. The average Bonchev–Trinajstić information content (AvgIpc) is 2.25. The van der Waals surface area contributed by atoms with Gasteiger partial charge in [-0.1, -0.05) is 12.1 Å². The van der Waals surface area contributed by atoms with Gasteiger partial charge in [-0.3, -0.25) is 9.59 Å². The highest BCUT2D eigenvalue weighted by Crippen LogP contribution is 2.11. The lowest BCUT2D eigenvalue weighted by atomic mass is 10.1. The van der Waals surface area contributed by atoms with Gasteiger partial charge in [-0.05, 0) is 67.5 Å². The largest absolute Gasteiger partial charge is 0.460 e. The number of benzene rings is 1. The molecule has 0 aliphatic rings. The van der Waals surface area contributed by atoms with E-state index in [0.717, 1.165) is 5.56 Å². The summed E-state index contributed by atoms with van der Waals surface area (Å²) in [5, 5.41) is 0. The highest BCUT2D eigenvalue weighted by molar-refractivity contribution is 14.1. The van der Waals surface area contributed by atoms with E-state index >= 15 is 0 Å². The molecule has 0 spiro atoms. The van der Waals surface area contributed by atoms with Crippen molar-refractivity contribution < 1.29 is 14.3 Å². The molecule has 4 heteroatoms. The Morgan fingerprint density at radius 1 is 1.16 bits per heavy atom. The molecule has 3 nitrogen and oxygen atoms in total. The molecule has 0 atom stereocenters. The molecule has 0 fully saturated rings. The van der Waals surface area contributed by atoms with E-state index in [1.165, 1.54) is 3.57 Å². The molecular formula is C15H19IO3. The summed E-state index contributed by atoms with van der Waals surface area (Å²) in [4.78, 5) is 23.2. The number of esters is 1. The van der Waals surface area contributed by atoms with Crippen LogP contribution >= 0.6 is 22.6 Å². The first-order chi connectivity index (χ1) is 8.76. The molecule has 1 rings (SSSR count). The molecule has 0 saturated carbocycles. The van der Waals surface area contributed by atoms with Crippen molar-refractivity contribution >= 4 is 34.3 Å². The minimum absolute atomic E-state index is 0.0761. The summed E-state index contributed by atoms with van der Waals surface area (Å²) < 4.78 is 6.28. The number of carbonyl (C=O) groups excluding carboxylic acids is 2. The van der Waals surface area contributed by atoms with E-state index in [0.29, 0.717) is 12.8 Å². The van der Waals surface area contributed by atoms with E-state index in [4.69, 9.17) is 4.74 Å². The summed E-state index contributed by atoms with van der Waals surface area (Å²) in [6.07, 6.45) is 0.903. The van der Waals surface area contributed by atoms with E-state index in [9.17, 15) is 9.59 Å². The Morgan fingerprint density at radius 2 is 1.74 bits per heavy atom. The molecule has 0 radical (unpaired) electrons. The van der Waals surface area contributed by atoms with Crippen molar-refractivity contribution in [3.63, 3.8) is 0 Å². The number of rotatable bonds is 5. The van der Waals surface area contributed by atoms with Crippen LogP contribution in [-0.4, -0.2) is 17.4 Å². The van der Waals surface area contributed by atoms with Crippen LogP contribution in [0.5, 0.6) is 0 Å². The second-order valence-corrected chi connectivity index (χ2v) is 6.67. The van der Waals surface area contributed by atoms with E-state index in [1.807, 2.05) is 24.3 Å². The number of halogens is 1. The van der Waals surface area contributed by atoms with Gasteiger partial charge in [0.2, 0.25) is 0 Å². The molecule has 104 valence electrons. The van der Waals surface area contributed by atoms with Gasteiger partial charge >= 0.3 is 5.97 Å². The maximum absolute atomic E-state index is 11.7. The minimum Gasteiger partial charge on any atom is -0.460 e. The molecule has 0 N–H and O–H groups in total. The van der Waals surface area contributed by atoms with Crippen molar-refractivity contribution in [2.75, 3.05) is 0 Å². The third-order valence-electron chi connectivity index (χ3n) is 2.37. The van der Waals surface area contributed by atoms with Crippen LogP contribution in [0.4, 0.5) is 0 Å². The van der Waals surface area contributed by atoms with Gasteiger partial charge in [0.05, 0.1) is 0 Å². The fraction of sp³-hybridized carbons (Fsp3) is 0.467. The van der Waals surface area contributed by atoms with Gasteiger partial charge in [-0.2, -0.15) is 0 Å². The van der Waals surface area contributed by atoms with Crippen LogP contribution in [0.3, 0.4) is 0 Å². The molecule has 0 aliphatic heterocycles. The lowest BCUT2D eigenvalue weighted by molar-refractivity contribution is -0.156. The second-order valence-electron chi connectivity index (χ2n) is 5.43. The zero-order chi connectivity index (χ0) is 14.5. The predicted molar refractivity (Wildman–Crippen MR) is 82.9 cm³/mol. The number of ketones is 1. The van der Waals surface area contributed by atoms with Crippen LogP contribution < -0.4 is 0 Å². The van der Waals surface area contributed by atoms with Gasteiger partial charge < -0.3 is 4.74 Å². The van der Waals surface area contributed by atoms with Crippen LogP contribution in [0.2, 0.25) is 0 Å². The van der Waals surface area contributed by atoms with Crippen molar-refractivity contribution in [3.05, 3.63) is 33.4 Å². The van der Waals surface area contributed by atoms with E-state index in [-0.39, 0.29) is 12.2 Å². The minimum atomic E-state index is -0.534. The lowest BCUT2D eigenvalue weighted by Crippen LogP contribution is -2.25. The first-order valence-electron chi connectivity index (χ1n) is 6.24. The standard InChI is InChI=1S/C15H19IO3/c1-15(2,3)19-14(18)10-13(17)9-6-11-4-7-12(16)8-5-11/h4-5,7-8H,6,9-10H2,1-3H3. The molecule has 0 aliphatic carbocycles. The fourth-order valence-corrected chi connectivity index (χ4v) is 1.92. The molecule has 1 aromatic carbocycles. The van der Waals surface area contributed by atoms with Gasteiger partial charge in [-0.15, -0.1) is 0 Å². The zero-order valence-corrected chi connectivity index (χ0v) is 13.7. The molecule has 0 heterocycles. The molecule has 0 aromatic heterocycles. The SMILES string of the molecule is CC(C)(C)OC(=O)CC(=O)CCc1ccc(I)cc1. The summed E-state index contributed by atoms with van der Waals surface area (Å²) in [6.45, 7) is 5.38. The summed E-state index contributed by atoms with van der Waals surface area (Å²) >= 11 is 2.24. The Kier molecular flexibility index (Phi) is 5.97. The summed E-state index contributed by atoms with van der Waals surface area (Å²) in [7, 11) is 0. The zero-order valence-electron chi connectivity index (χ0n) is 11.5. The summed E-state index contributed by atoms with van der Waals surface area (Å²) in [5.74, 6) is -0.520. The Labute approximate surface area is 127 Å². The molecule has 0 unspecified atom stereocenters. The molecule has 0 amide bonds. The highest BCUT2D eigenvalue weighted by Gasteiger charge is 2.18. The van der Waals surface area contributed by atoms with Crippen LogP contribution in [0.25, 0.3) is 0 Å². The first kappa shape index (κ1) is 16.1. The molecule has 0 saturated heterocycles. The quantitative estimate of drug-likeness (QED) is 0.450. The first-order valence-corrected chi connectivity index (χ1v) is 7.32. The maximum atomic E-state index is 11.7. The van der Waals surface area contributed by atoms with Crippen molar-refractivity contribution in [1.82, 2.24) is 0 Å². The lowest BCUT2D eigenvalue weighted by Gasteiger charge is -2.19. The normalized spacial score (nSPS) is 11.2. The van der Waals surface area contributed by atoms with Crippen molar-refractivity contribution in [2.45, 2.75) is 45.6 Å². The molecule has 19 heavy (non-hydrogen) atoms. The van der Waals surface area contributed by atoms with Gasteiger partial charge in [0, 0.05) is 9.99 Å². The Bertz CT molecular complexity index is 443. The van der Waals surface area contributed by atoms with Crippen molar-refractivity contribution in [3.8, 4) is 0 Å². The summed E-state index contributed by atoms with van der Waals surface area (Å²) in [5.41, 5.74) is 0.575. The van der Waals surface area contributed by atoms with E-state index in [2.05, 4.69) is 22.6 Å². The predicted octanol–water partition coefficient (Wildman–Crippen LogP) is 3.52. The van der Waals surface area contributed by atoms with Crippen LogP contribution in [0.1, 0.15) is 39.2 Å². The van der Waals surface area contributed by atoms with Gasteiger partial charge in [0.1, 0.15) is 17.8 Å². The van der Waals surface area contributed by atoms with Crippen LogP contribution in [-0.2, 0) is 20.7 Å².